The lowest BCUT2D eigenvalue weighted by molar-refractivity contribution is 0.106. The van der Waals surface area contributed by atoms with Crippen LogP contribution < -0.4 is 5.32 Å². The van der Waals surface area contributed by atoms with Gasteiger partial charge in [0, 0.05) is 23.0 Å². The van der Waals surface area contributed by atoms with Crippen molar-refractivity contribution in [2.45, 2.75) is 71.9 Å². The Morgan fingerprint density at radius 3 is 2.34 bits per heavy atom. The number of allylic oxidation sites excluding steroid dienone is 1. The van der Waals surface area contributed by atoms with Crippen molar-refractivity contribution in [3.8, 4) is 0 Å². The van der Waals surface area contributed by atoms with Gasteiger partial charge in [0.15, 0.2) is 0 Å². The lowest BCUT2D eigenvalue weighted by Gasteiger charge is -2.21. The predicted octanol–water partition coefficient (Wildman–Crippen LogP) is 7.19. The van der Waals surface area contributed by atoms with Crippen LogP contribution in [0.5, 0.6) is 0 Å². The summed E-state index contributed by atoms with van der Waals surface area (Å²) in [5.74, 6) is 0. The summed E-state index contributed by atoms with van der Waals surface area (Å²) in [6.45, 7) is 13.3. The monoisotopic (exact) mass is 430 g/mol. The first kappa shape index (κ1) is 24.0. The van der Waals surface area contributed by atoms with Gasteiger partial charge in [-0.05, 0) is 50.7 Å². The van der Waals surface area contributed by atoms with E-state index in [1.807, 2.05) is 0 Å². The highest BCUT2D eigenvalue weighted by atomic mass is 16.5. The molecule has 3 nitrogen and oxygen atoms in total. The quantitative estimate of drug-likeness (QED) is 0.286. The summed E-state index contributed by atoms with van der Waals surface area (Å²) >= 11 is 0. The van der Waals surface area contributed by atoms with Crippen molar-refractivity contribution >= 4 is 17.0 Å². The molecule has 1 atom stereocenters. The third kappa shape index (κ3) is 6.93. The van der Waals surface area contributed by atoms with Crippen LogP contribution in [0, 0.1) is 6.92 Å². The van der Waals surface area contributed by atoms with E-state index < -0.39 is 0 Å². The third-order valence-electron chi connectivity index (χ3n) is 5.87. The molecule has 0 aliphatic heterocycles. The lowest BCUT2D eigenvalue weighted by atomic mass is 9.99. The number of hydrogen-bond acceptors (Lipinski definition) is 3. The Morgan fingerprint density at radius 1 is 1.06 bits per heavy atom. The summed E-state index contributed by atoms with van der Waals surface area (Å²) in [7, 11) is 0. The van der Waals surface area contributed by atoms with Gasteiger partial charge in [0.2, 0.25) is 0 Å². The zero-order valence-corrected chi connectivity index (χ0v) is 20.2. The molecular weight excluding hydrogens is 392 g/mol. The average Bonchev–Trinajstić information content (AvgIpc) is 3.63. The highest BCUT2D eigenvalue weighted by Gasteiger charge is 2.22. The molecule has 1 fully saturated rings. The van der Waals surface area contributed by atoms with Gasteiger partial charge in [-0.25, -0.2) is 0 Å². The molecule has 1 aliphatic rings. The average molecular weight is 431 g/mol. The molecule has 2 aromatic carbocycles. The normalized spacial score (nSPS) is 15.8. The minimum absolute atomic E-state index is 0.00762. The summed E-state index contributed by atoms with van der Waals surface area (Å²) in [5.41, 5.74) is 7.84. The Kier molecular flexibility index (Phi) is 8.87. The Morgan fingerprint density at radius 2 is 1.75 bits per heavy atom. The molecule has 1 N–H and O–H groups in total. The van der Waals surface area contributed by atoms with Gasteiger partial charge in [-0.15, -0.1) is 0 Å². The maximum absolute atomic E-state index is 6.35. The number of rotatable bonds is 12. The second kappa shape index (κ2) is 11.8. The minimum atomic E-state index is -0.00762. The van der Waals surface area contributed by atoms with Gasteiger partial charge in [0.25, 0.3) is 0 Å². The Labute approximate surface area is 194 Å². The number of hydrogen-bond donors (Lipinski definition) is 1. The van der Waals surface area contributed by atoms with Gasteiger partial charge in [-0.1, -0.05) is 87.0 Å². The molecule has 0 aromatic heterocycles. The van der Waals surface area contributed by atoms with E-state index in [4.69, 9.17) is 9.73 Å². The van der Waals surface area contributed by atoms with E-state index in [1.165, 1.54) is 29.5 Å². The molecule has 0 spiro atoms. The molecule has 0 saturated heterocycles. The molecule has 2 aromatic rings. The molecule has 0 heterocycles. The molecule has 170 valence electrons. The van der Waals surface area contributed by atoms with Crippen molar-refractivity contribution in [1.29, 1.82) is 0 Å². The summed E-state index contributed by atoms with van der Waals surface area (Å²) in [6, 6.07) is 19.8. The fourth-order valence-corrected chi connectivity index (χ4v) is 3.79. The van der Waals surface area contributed by atoms with E-state index in [0.29, 0.717) is 12.6 Å². The van der Waals surface area contributed by atoms with Crippen LogP contribution in [-0.4, -0.2) is 24.5 Å². The zero-order chi connectivity index (χ0) is 22.9. The molecule has 3 heteroatoms. The third-order valence-corrected chi connectivity index (χ3v) is 5.87. The van der Waals surface area contributed by atoms with Gasteiger partial charge < -0.3 is 10.1 Å². The molecule has 0 amide bonds. The van der Waals surface area contributed by atoms with Crippen LogP contribution >= 0.6 is 0 Å². The first-order chi connectivity index (χ1) is 15.5. The molecule has 1 aliphatic carbocycles. The SMILES string of the molecule is C=C(COC(CCC)C(CC)=N/C(=C(\C)c1ccccc1)c1ccc(C)cc1)NC1CC1. The van der Waals surface area contributed by atoms with Crippen molar-refractivity contribution in [1.82, 2.24) is 5.32 Å². The second-order valence-corrected chi connectivity index (χ2v) is 8.77. The summed E-state index contributed by atoms with van der Waals surface area (Å²) in [5, 5.41) is 3.45. The van der Waals surface area contributed by atoms with Crippen molar-refractivity contribution in [3.63, 3.8) is 0 Å². The molecule has 0 radical (unpaired) electrons. The Hall–Kier alpha value is -2.65. The first-order valence-electron chi connectivity index (χ1n) is 12.0. The van der Waals surface area contributed by atoms with Crippen LogP contribution in [0.25, 0.3) is 11.3 Å². The summed E-state index contributed by atoms with van der Waals surface area (Å²) in [4.78, 5) is 5.26. The van der Waals surface area contributed by atoms with Gasteiger partial charge in [0.1, 0.15) is 0 Å². The smallest absolute Gasteiger partial charge is 0.0961 e. The summed E-state index contributed by atoms with van der Waals surface area (Å²) in [6.07, 6.45) is 5.32. The Bertz CT molecular complexity index is 937. The molecule has 1 saturated carbocycles. The van der Waals surface area contributed by atoms with E-state index in [9.17, 15) is 0 Å². The number of aliphatic imine (C=N–C) groups is 1. The van der Waals surface area contributed by atoms with Crippen molar-refractivity contribution in [3.05, 3.63) is 83.6 Å². The van der Waals surface area contributed by atoms with Crippen molar-refractivity contribution in [2.24, 2.45) is 4.99 Å². The lowest BCUT2D eigenvalue weighted by Crippen LogP contribution is -2.28. The molecule has 32 heavy (non-hydrogen) atoms. The first-order valence-corrected chi connectivity index (χ1v) is 12.0. The van der Waals surface area contributed by atoms with E-state index in [-0.39, 0.29) is 6.10 Å². The maximum atomic E-state index is 6.35. The van der Waals surface area contributed by atoms with Crippen molar-refractivity contribution in [2.75, 3.05) is 6.61 Å². The van der Waals surface area contributed by atoms with Crippen molar-refractivity contribution < 1.29 is 4.74 Å². The van der Waals surface area contributed by atoms with Gasteiger partial charge in [-0.3, -0.25) is 4.99 Å². The minimum Gasteiger partial charge on any atom is -0.384 e. The van der Waals surface area contributed by atoms with E-state index in [2.05, 4.69) is 94.2 Å². The number of nitrogens with one attached hydrogen (secondary N) is 1. The van der Waals surface area contributed by atoms with E-state index >= 15 is 0 Å². The largest absolute Gasteiger partial charge is 0.384 e. The predicted molar refractivity (Wildman–Crippen MR) is 138 cm³/mol. The molecule has 0 bridgehead atoms. The molecule has 3 rings (SSSR count). The van der Waals surface area contributed by atoms with Gasteiger partial charge >= 0.3 is 0 Å². The van der Waals surface area contributed by atoms with Crippen LogP contribution in [0.2, 0.25) is 0 Å². The molecular formula is C29H38N2O. The Balaban J connectivity index is 1.93. The van der Waals surface area contributed by atoms with Crippen LogP contribution in [0.4, 0.5) is 0 Å². The zero-order valence-electron chi connectivity index (χ0n) is 20.2. The highest BCUT2D eigenvalue weighted by Crippen LogP contribution is 2.29. The number of aryl methyl sites for hydroxylation is 1. The van der Waals surface area contributed by atoms with Crippen LogP contribution in [-0.2, 0) is 4.74 Å². The maximum Gasteiger partial charge on any atom is 0.0961 e. The summed E-state index contributed by atoms with van der Waals surface area (Å²) < 4.78 is 6.35. The van der Waals surface area contributed by atoms with Gasteiger partial charge in [-0.2, -0.15) is 0 Å². The van der Waals surface area contributed by atoms with Crippen LogP contribution in [0.3, 0.4) is 0 Å². The fourth-order valence-electron chi connectivity index (χ4n) is 3.79. The standard InChI is InChI=1S/C29H38N2O/c1-6-11-28(32-20-22(4)30-26-18-19-26)27(7-2)31-29(25-16-14-21(3)15-17-25)23(5)24-12-9-8-10-13-24/h8-10,12-17,26,28,30H,4,6-7,11,18-20H2,1-3,5H3/b29-23+,31-27?. The number of nitrogens with zero attached hydrogens (tertiary/aromatic N) is 1. The van der Waals surface area contributed by atoms with Gasteiger partial charge in [0.05, 0.1) is 18.4 Å². The van der Waals surface area contributed by atoms with Crippen LogP contribution in [0.1, 0.15) is 69.6 Å². The second-order valence-electron chi connectivity index (χ2n) is 8.77. The van der Waals surface area contributed by atoms with Crippen LogP contribution in [0.15, 0.2) is 71.9 Å². The topological polar surface area (TPSA) is 33.6 Å². The number of benzene rings is 2. The fraction of sp³-hybridized carbons (Fsp3) is 0.414. The molecule has 1 unspecified atom stereocenters. The highest BCUT2D eigenvalue weighted by molar-refractivity contribution is 5.98. The van der Waals surface area contributed by atoms with E-state index in [1.54, 1.807) is 0 Å². The van der Waals surface area contributed by atoms with E-state index in [0.717, 1.165) is 41.9 Å². The number of ether oxygens (including phenoxy) is 1.